The number of aromatic amines is 2. The summed E-state index contributed by atoms with van der Waals surface area (Å²) in [5, 5.41) is 24.9. The summed E-state index contributed by atoms with van der Waals surface area (Å²) >= 11 is 0. The molecule has 8 bridgehead atoms. The molecule has 14 nitrogen and oxygen atoms in total. The number of hydrogen-bond acceptors (Lipinski definition) is 8. The first-order chi connectivity index (χ1) is 25.9. The molecule has 3 aromatic rings. The number of fused-ring (bicyclic) bond motifs is 8. The van der Waals surface area contributed by atoms with Gasteiger partial charge in [-0.3, -0.25) is 14.4 Å². The van der Waals surface area contributed by atoms with E-state index in [1.165, 1.54) is 0 Å². The fourth-order valence-corrected chi connectivity index (χ4v) is 6.66. The van der Waals surface area contributed by atoms with E-state index in [9.17, 15) is 29.4 Å². The molecule has 1 atom stereocenters. The van der Waals surface area contributed by atoms with Gasteiger partial charge in [0.1, 0.15) is 5.60 Å². The lowest BCUT2D eigenvalue weighted by Gasteiger charge is -2.19. The van der Waals surface area contributed by atoms with Gasteiger partial charge in [-0.05, 0) is 144 Å². The third-order valence-corrected chi connectivity index (χ3v) is 9.68. The maximum atomic E-state index is 13.5. The number of aryl methyl sites for hydroxylation is 3. The number of carboxylic acids is 2. The number of unbranched alkanes of at least 4 members (excludes halogenated alkanes) is 1. The minimum atomic E-state index is -0.942. The molecule has 14 heteroatoms. The van der Waals surface area contributed by atoms with E-state index in [1.54, 1.807) is 20.8 Å². The molecule has 1 unspecified atom stereocenters. The smallest absolute Gasteiger partial charge is 0.407 e. The summed E-state index contributed by atoms with van der Waals surface area (Å²) in [5.74, 6) is -2.23. The molecular weight excluding hydrogens is 702 g/mol. The standard InChI is InChI=1S/C41H51N7O7/c1-21-16-25-17-30-24(4)38(48-39(53)28(42)10-8-9-15-43-40(54)55-41(5,6)7)35(47-30)19-32-23(3)27(12-14-37(51)52)34(46-32)20-33-26(11-13-36(49)50)22(2)31(45-33)18-29(21)44-25/h16-20,28,45,47H,8-15,42H2,1-7H3,(H,43,54)(H,48,53)(H,49,50)(H,51,52). The first kappa shape index (κ1) is 40.4. The van der Waals surface area contributed by atoms with Gasteiger partial charge in [0.25, 0.3) is 0 Å². The zero-order valence-electron chi connectivity index (χ0n) is 32.5. The maximum Gasteiger partial charge on any atom is 0.407 e. The van der Waals surface area contributed by atoms with Crippen molar-refractivity contribution in [1.29, 1.82) is 0 Å². The average Bonchev–Trinajstić information content (AvgIpc) is 3.76. The second kappa shape index (κ2) is 16.7. The molecule has 0 spiro atoms. The second-order valence-corrected chi connectivity index (χ2v) is 15.1. The van der Waals surface area contributed by atoms with Crippen LogP contribution in [0.15, 0.2) is 24.3 Å². The minimum absolute atomic E-state index is 0.0676. The van der Waals surface area contributed by atoms with Crippen molar-refractivity contribution in [1.82, 2.24) is 25.3 Å². The lowest BCUT2D eigenvalue weighted by Crippen LogP contribution is -2.36. The Balaban J connectivity index is 1.58. The number of nitrogens with zero attached hydrogens (tertiary/aromatic N) is 2. The highest BCUT2D eigenvalue weighted by atomic mass is 16.6. The molecule has 8 N–H and O–H groups in total. The summed E-state index contributed by atoms with van der Waals surface area (Å²) in [6.45, 7) is 13.5. The van der Waals surface area contributed by atoms with Crippen LogP contribution >= 0.6 is 0 Å². The quantitative estimate of drug-likeness (QED) is 0.0864. The highest BCUT2D eigenvalue weighted by Crippen LogP contribution is 2.36. The number of carboxylic acid groups (broad SMARTS) is 2. The Morgan fingerprint density at radius 1 is 0.818 bits per heavy atom. The number of ether oxygens (including phenoxy) is 1. The Kier molecular flexibility index (Phi) is 12.3. The number of allylic oxidation sites excluding steroid dienone is 3. The maximum absolute atomic E-state index is 13.5. The number of aromatic nitrogens is 4. The monoisotopic (exact) mass is 753 g/mol. The normalized spacial score (nSPS) is 13.3. The molecule has 0 saturated carbocycles. The fourth-order valence-electron chi connectivity index (χ4n) is 6.66. The van der Waals surface area contributed by atoms with Crippen LogP contribution in [0.3, 0.4) is 0 Å². The molecule has 0 radical (unpaired) electrons. The molecule has 2 aliphatic heterocycles. The largest absolute Gasteiger partial charge is 0.481 e. The minimum Gasteiger partial charge on any atom is -0.481 e. The van der Waals surface area contributed by atoms with Gasteiger partial charge in [-0.1, -0.05) is 0 Å². The Morgan fingerprint density at radius 2 is 1.45 bits per heavy atom. The number of rotatable bonds is 13. The van der Waals surface area contributed by atoms with E-state index in [0.29, 0.717) is 59.6 Å². The van der Waals surface area contributed by atoms with Crippen molar-refractivity contribution in [3.63, 3.8) is 0 Å². The van der Waals surface area contributed by atoms with E-state index in [1.807, 2.05) is 58.0 Å². The number of amides is 2. The topological polar surface area (TPSA) is 225 Å². The van der Waals surface area contributed by atoms with Gasteiger partial charge in [-0.25, -0.2) is 14.8 Å². The molecule has 0 saturated heterocycles. The number of carbonyl (C=O) groups excluding carboxylic acids is 2. The van der Waals surface area contributed by atoms with E-state index in [0.717, 1.165) is 50.1 Å². The summed E-state index contributed by atoms with van der Waals surface area (Å²) in [6, 6.07) is 6.72. The predicted molar refractivity (Wildman–Crippen MR) is 214 cm³/mol. The molecule has 55 heavy (non-hydrogen) atoms. The van der Waals surface area contributed by atoms with Crippen LogP contribution in [0, 0.1) is 13.8 Å². The molecule has 0 fully saturated rings. The van der Waals surface area contributed by atoms with Crippen LogP contribution < -0.4 is 16.4 Å². The van der Waals surface area contributed by atoms with Gasteiger partial charge < -0.3 is 41.3 Å². The number of aliphatic carboxylic acids is 2. The average molecular weight is 754 g/mol. The van der Waals surface area contributed by atoms with E-state index in [4.69, 9.17) is 20.4 Å². The molecular formula is C41H51N7O7. The number of hydrogen-bond donors (Lipinski definition) is 7. The summed E-state index contributed by atoms with van der Waals surface area (Å²) in [5.41, 5.74) is 16.6. The predicted octanol–water partition coefficient (Wildman–Crippen LogP) is 7.27. The summed E-state index contributed by atoms with van der Waals surface area (Å²) in [6.07, 6.45) is 3.42. The van der Waals surface area contributed by atoms with Crippen molar-refractivity contribution < 1.29 is 34.1 Å². The van der Waals surface area contributed by atoms with Crippen molar-refractivity contribution in [2.75, 3.05) is 11.9 Å². The zero-order chi connectivity index (χ0) is 40.2. The molecule has 2 amide bonds. The van der Waals surface area contributed by atoms with Gasteiger partial charge in [-0.15, -0.1) is 0 Å². The van der Waals surface area contributed by atoms with Crippen LogP contribution in [0.1, 0.15) is 113 Å². The third-order valence-electron chi connectivity index (χ3n) is 9.68. The zero-order valence-corrected chi connectivity index (χ0v) is 32.5. The summed E-state index contributed by atoms with van der Waals surface area (Å²) in [7, 11) is 0. The molecule has 5 heterocycles. The van der Waals surface area contributed by atoms with E-state index >= 15 is 0 Å². The first-order valence-corrected chi connectivity index (χ1v) is 18.5. The number of nitrogens with two attached hydrogens (primary N) is 1. The first-order valence-electron chi connectivity index (χ1n) is 18.5. The molecule has 292 valence electrons. The lowest BCUT2D eigenvalue weighted by atomic mass is 10.0. The highest BCUT2D eigenvalue weighted by Gasteiger charge is 2.22. The summed E-state index contributed by atoms with van der Waals surface area (Å²) in [4.78, 5) is 65.6. The number of nitrogens with one attached hydrogen (secondary N) is 4. The fraction of sp³-hybridized carbons (Fsp3) is 0.415. The second-order valence-electron chi connectivity index (χ2n) is 15.1. The Hall–Kier alpha value is -5.76. The molecule has 2 aliphatic rings. The van der Waals surface area contributed by atoms with E-state index in [-0.39, 0.29) is 31.6 Å². The van der Waals surface area contributed by atoms with Crippen LogP contribution in [0.2, 0.25) is 0 Å². The molecule has 3 aromatic heterocycles. The van der Waals surface area contributed by atoms with Gasteiger partial charge in [0.05, 0.1) is 40.0 Å². The van der Waals surface area contributed by atoms with Gasteiger partial charge in [-0.2, -0.15) is 0 Å². The SMILES string of the molecule is CC1=Cc2cc3[nH]c(cc4nc(cc5[nH]c(cc1n2)c(C)c5CCC(=O)O)C(CCC(=O)O)=C4C)c(NC(=O)C(N)CCCCNC(=O)OC(C)(C)C)c3C. The number of carbonyl (C=O) groups is 4. The highest BCUT2D eigenvalue weighted by molar-refractivity contribution is 6.02. The number of anilines is 1. The number of alkyl carbamates (subject to hydrolysis) is 1. The lowest BCUT2D eigenvalue weighted by molar-refractivity contribution is -0.137. The van der Waals surface area contributed by atoms with Gasteiger partial charge in [0, 0.05) is 35.9 Å². The van der Waals surface area contributed by atoms with Crippen LogP contribution in [0.4, 0.5) is 10.5 Å². The molecule has 0 aromatic carbocycles. The van der Waals surface area contributed by atoms with Crippen LogP contribution in [-0.2, 0) is 25.5 Å². The molecule has 5 rings (SSSR count). The van der Waals surface area contributed by atoms with Gasteiger partial charge >= 0.3 is 18.0 Å². The van der Waals surface area contributed by atoms with Crippen molar-refractivity contribution >= 4 is 74.5 Å². The van der Waals surface area contributed by atoms with Gasteiger partial charge in [0.15, 0.2) is 0 Å². The van der Waals surface area contributed by atoms with Crippen molar-refractivity contribution in [3.8, 4) is 0 Å². The van der Waals surface area contributed by atoms with Crippen molar-refractivity contribution in [2.24, 2.45) is 5.73 Å². The van der Waals surface area contributed by atoms with Crippen LogP contribution in [-0.4, -0.2) is 72.3 Å². The van der Waals surface area contributed by atoms with Crippen LogP contribution in [0.25, 0.3) is 44.9 Å². The third kappa shape index (κ3) is 10.1. The summed E-state index contributed by atoms with van der Waals surface area (Å²) < 4.78 is 5.27. The van der Waals surface area contributed by atoms with Crippen molar-refractivity contribution in [3.05, 3.63) is 63.7 Å². The Bertz CT molecular complexity index is 2260. The van der Waals surface area contributed by atoms with Gasteiger partial charge in [0.2, 0.25) is 5.91 Å². The number of H-pyrrole nitrogens is 2. The Labute approximate surface area is 319 Å². The Morgan fingerprint density at radius 3 is 2.15 bits per heavy atom. The van der Waals surface area contributed by atoms with Crippen molar-refractivity contribution in [2.45, 2.75) is 105 Å². The van der Waals surface area contributed by atoms with Crippen LogP contribution in [0.5, 0.6) is 0 Å². The van der Waals surface area contributed by atoms with E-state index < -0.39 is 29.7 Å². The molecule has 0 aliphatic carbocycles. The van der Waals surface area contributed by atoms with E-state index in [2.05, 4.69) is 20.6 Å².